The van der Waals surface area contributed by atoms with Gasteiger partial charge in [0.15, 0.2) is 0 Å². The van der Waals surface area contributed by atoms with Gasteiger partial charge in [0.05, 0.1) is 3.92 Å². The number of phenolic OH excluding ortho intramolecular Hbond substituents is 1. The first-order chi connectivity index (χ1) is 11.2. The molecule has 2 atom stereocenters. The Labute approximate surface area is 194 Å². The van der Waals surface area contributed by atoms with Crippen LogP contribution in [0.5, 0.6) is 17.2 Å². The maximum atomic E-state index is 11.7. The predicted molar refractivity (Wildman–Crippen MR) is 126 cm³/mol. The molecule has 2 aromatic rings. The third kappa shape index (κ3) is 4.76. The van der Waals surface area contributed by atoms with Gasteiger partial charge in [-0.25, -0.2) is 4.79 Å². The van der Waals surface area contributed by atoms with Crippen molar-refractivity contribution in [3.8, 4) is 17.2 Å². The third-order valence-corrected chi connectivity index (χ3v) is 10.9. The number of halogens is 4. The maximum Gasteiger partial charge on any atom is 0.337 e. The molecule has 0 aromatic heterocycles. The molecule has 0 saturated heterocycles. The fourth-order valence-corrected chi connectivity index (χ4v) is 5.20. The molecule has 24 heavy (non-hydrogen) atoms. The van der Waals surface area contributed by atoms with E-state index in [0.717, 1.165) is 5.56 Å². The SMILES string of the molecule is O=C(O)C(I)(C(I)c1ccc(Oc2ccc(O)cc2)cc1)N(I)I. The van der Waals surface area contributed by atoms with Crippen LogP contribution in [0.25, 0.3) is 0 Å². The second-order valence-electron chi connectivity index (χ2n) is 4.74. The molecular weight excluding hydrogens is 766 g/mol. The third-order valence-electron chi connectivity index (χ3n) is 3.13. The van der Waals surface area contributed by atoms with Gasteiger partial charge in [0.25, 0.3) is 0 Å². The van der Waals surface area contributed by atoms with E-state index in [0.29, 0.717) is 11.5 Å². The Kier molecular flexibility index (Phi) is 7.64. The number of rotatable bonds is 6. The second kappa shape index (κ2) is 8.85. The van der Waals surface area contributed by atoms with E-state index in [1.165, 1.54) is 0 Å². The Bertz CT molecular complexity index is 708. The van der Waals surface area contributed by atoms with Gasteiger partial charge in [0, 0.05) is 45.7 Å². The van der Waals surface area contributed by atoms with Crippen LogP contribution in [0.3, 0.4) is 0 Å². The summed E-state index contributed by atoms with van der Waals surface area (Å²) < 4.78 is 6.02. The molecule has 2 unspecified atom stereocenters. The minimum Gasteiger partial charge on any atom is -0.508 e. The van der Waals surface area contributed by atoms with Gasteiger partial charge in [-0.1, -0.05) is 34.7 Å². The van der Waals surface area contributed by atoms with Crippen LogP contribution in [0.4, 0.5) is 0 Å². The first kappa shape index (κ1) is 20.7. The molecule has 0 fully saturated rings. The minimum atomic E-state index is -1.07. The van der Waals surface area contributed by atoms with Gasteiger partial charge in [-0.05, 0) is 64.6 Å². The summed E-state index contributed by atoms with van der Waals surface area (Å²) in [5, 5.41) is 18.9. The molecule has 0 aliphatic carbocycles. The van der Waals surface area contributed by atoms with Crippen LogP contribution in [-0.2, 0) is 4.79 Å². The first-order valence-electron chi connectivity index (χ1n) is 6.50. The lowest BCUT2D eigenvalue weighted by Crippen LogP contribution is -2.43. The highest BCUT2D eigenvalue weighted by Gasteiger charge is 2.47. The van der Waals surface area contributed by atoms with Crippen LogP contribution in [0, 0.1) is 0 Å². The lowest BCUT2D eigenvalue weighted by Gasteiger charge is -2.31. The Morgan fingerprint density at radius 1 is 1.04 bits per heavy atom. The number of ether oxygens (including phenoxy) is 1. The molecule has 0 radical (unpaired) electrons. The molecule has 2 aromatic carbocycles. The average molecular weight is 777 g/mol. The zero-order valence-electron chi connectivity index (χ0n) is 11.9. The number of carboxylic acids is 1. The number of nitrogens with zero attached hydrogens (tertiary/aromatic N) is 1. The quantitative estimate of drug-likeness (QED) is 0.166. The Balaban J connectivity index is 2.19. The Morgan fingerprint density at radius 3 is 1.92 bits per heavy atom. The van der Waals surface area contributed by atoms with Crippen molar-refractivity contribution in [3.05, 3.63) is 54.1 Å². The Hall–Kier alpha value is 0.390. The maximum absolute atomic E-state index is 11.7. The molecule has 0 amide bonds. The normalized spacial score (nSPS) is 14.9. The molecule has 0 aliphatic rings. The number of carboxylic acid groups (broad SMARTS) is 1. The van der Waals surface area contributed by atoms with Crippen molar-refractivity contribution in [1.29, 1.82) is 0 Å². The molecule has 0 spiro atoms. The molecule has 5 nitrogen and oxygen atoms in total. The standard InChI is InChI=1S/C15H11I4NO4/c16-13(15(17,14(22)23)20(18)19)9-1-5-11(6-2-9)24-12-7-3-10(21)4-8-12/h1-8,13,21H,(H,22,23). The van der Waals surface area contributed by atoms with E-state index in [4.69, 9.17) is 4.74 Å². The Morgan fingerprint density at radius 2 is 1.50 bits per heavy atom. The highest BCUT2D eigenvalue weighted by Crippen LogP contribution is 2.47. The van der Waals surface area contributed by atoms with Crippen molar-refractivity contribution in [2.45, 2.75) is 7.47 Å². The van der Waals surface area contributed by atoms with Crippen molar-refractivity contribution in [1.82, 2.24) is 1.33 Å². The van der Waals surface area contributed by atoms with Gasteiger partial charge in [-0.3, -0.25) is 0 Å². The number of alkyl halides is 2. The molecule has 9 heteroatoms. The lowest BCUT2D eigenvalue weighted by molar-refractivity contribution is -0.140. The van der Waals surface area contributed by atoms with Gasteiger partial charge >= 0.3 is 5.97 Å². The van der Waals surface area contributed by atoms with Gasteiger partial charge in [0.1, 0.15) is 17.2 Å². The van der Waals surface area contributed by atoms with E-state index in [1.54, 1.807) is 37.7 Å². The number of phenols is 1. The summed E-state index contributed by atoms with van der Waals surface area (Å²) in [4.78, 5) is 11.7. The highest BCUT2D eigenvalue weighted by atomic mass is 127. The number of benzene rings is 2. The zero-order valence-corrected chi connectivity index (χ0v) is 20.5. The van der Waals surface area contributed by atoms with E-state index in [1.807, 2.05) is 80.5 Å². The van der Waals surface area contributed by atoms with Crippen LogP contribution in [0.2, 0.25) is 0 Å². The monoisotopic (exact) mass is 777 g/mol. The molecule has 2 N–H and O–H groups in total. The number of hydrogen-bond acceptors (Lipinski definition) is 4. The van der Waals surface area contributed by atoms with E-state index >= 15 is 0 Å². The van der Waals surface area contributed by atoms with Crippen molar-refractivity contribution in [2.24, 2.45) is 0 Å². The summed E-state index contributed by atoms with van der Waals surface area (Å²) in [7, 11) is 0. The van der Waals surface area contributed by atoms with Gasteiger partial charge < -0.3 is 14.9 Å². The topological polar surface area (TPSA) is 70.0 Å². The molecule has 0 heterocycles. The number of hydrogen-bond donors (Lipinski definition) is 2. The highest BCUT2D eigenvalue weighted by molar-refractivity contribution is 14.2. The summed E-state index contributed by atoms with van der Waals surface area (Å²) in [6.07, 6.45) is 0. The first-order valence-corrected chi connectivity index (χ1v) is 10.8. The van der Waals surface area contributed by atoms with Crippen molar-refractivity contribution in [3.63, 3.8) is 0 Å². The van der Waals surface area contributed by atoms with E-state index in [-0.39, 0.29) is 9.67 Å². The molecule has 0 saturated carbocycles. The summed E-state index contributed by atoms with van der Waals surface area (Å²) >= 11 is 8.08. The van der Waals surface area contributed by atoms with Crippen LogP contribution in [-0.4, -0.2) is 21.1 Å². The van der Waals surface area contributed by atoms with Crippen LogP contribution in [0.15, 0.2) is 48.5 Å². The molecule has 2 rings (SSSR count). The second-order valence-corrected chi connectivity index (χ2v) is 11.4. The van der Waals surface area contributed by atoms with E-state index in [2.05, 4.69) is 22.6 Å². The van der Waals surface area contributed by atoms with Crippen molar-refractivity contribution in [2.75, 3.05) is 0 Å². The summed E-state index contributed by atoms with van der Waals surface area (Å²) in [6, 6.07) is 13.8. The number of aliphatic carboxylic acids is 1. The summed E-state index contributed by atoms with van der Waals surface area (Å²) in [5.74, 6) is 0.546. The van der Waals surface area contributed by atoms with E-state index < -0.39 is 9.51 Å². The van der Waals surface area contributed by atoms with Crippen molar-refractivity contribution < 1.29 is 19.7 Å². The van der Waals surface area contributed by atoms with Crippen LogP contribution >= 0.6 is 90.9 Å². The predicted octanol–water partition coefficient (Wildman–Crippen LogP) is 5.88. The molecular formula is C15H11I4NO4. The molecule has 128 valence electrons. The minimum absolute atomic E-state index is 0.180. The van der Waals surface area contributed by atoms with Crippen LogP contribution in [0.1, 0.15) is 9.49 Å². The van der Waals surface area contributed by atoms with E-state index in [9.17, 15) is 15.0 Å². The lowest BCUT2D eigenvalue weighted by atomic mass is 10.1. The fourth-order valence-electron chi connectivity index (χ4n) is 1.84. The van der Waals surface area contributed by atoms with Gasteiger partial charge in [-0.2, -0.15) is 1.33 Å². The van der Waals surface area contributed by atoms with Crippen LogP contribution < -0.4 is 4.74 Å². The summed E-state index contributed by atoms with van der Waals surface area (Å²) in [6.45, 7) is 0. The average Bonchev–Trinajstić information content (AvgIpc) is 2.55. The van der Waals surface area contributed by atoms with Gasteiger partial charge in [-0.15, -0.1) is 0 Å². The molecule has 0 bridgehead atoms. The fraction of sp³-hybridized carbons (Fsp3) is 0.133. The number of carbonyl (C=O) groups is 1. The summed E-state index contributed by atoms with van der Waals surface area (Å²) in [5.41, 5.74) is 0.892. The zero-order chi connectivity index (χ0) is 17.9. The smallest absolute Gasteiger partial charge is 0.337 e. The largest absolute Gasteiger partial charge is 0.508 e. The van der Waals surface area contributed by atoms with Crippen molar-refractivity contribution >= 4 is 96.9 Å². The number of aromatic hydroxyl groups is 1. The molecule has 0 aliphatic heterocycles. The van der Waals surface area contributed by atoms with Gasteiger partial charge in [0.2, 0.25) is 3.55 Å².